The molecule has 4 N–H and O–H groups in total. The van der Waals surface area contributed by atoms with E-state index in [-0.39, 0.29) is 19.6 Å². The van der Waals surface area contributed by atoms with Gasteiger partial charge in [0.05, 0.1) is 20.1 Å². The first-order chi connectivity index (χ1) is 20.4. The van der Waals surface area contributed by atoms with Crippen LogP contribution in [0.4, 0.5) is 0 Å². The summed E-state index contributed by atoms with van der Waals surface area (Å²) in [6.07, 6.45) is 3.40. The topological polar surface area (TPSA) is 130 Å². The number of amides is 2. The van der Waals surface area contributed by atoms with Crippen molar-refractivity contribution in [3.63, 3.8) is 0 Å². The zero-order chi connectivity index (χ0) is 29.7. The fourth-order valence-corrected chi connectivity index (χ4v) is 4.89. The number of carboxylic acid groups (broad SMARTS) is 1. The van der Waals surface area contributed by atoms with E-state index in [0.29, 0.717) is 25.9 Å². The number of ether oxygens (including phenoxy) is 2. The SMILES string of the molecule is COc1ccc(CCC[C@H](CC(=O)O)C(=O)N[C@@H](Cc2c[nH]c3ccccc23)C(=O)NCOCc2ccccc2)cc1. The molecular formula is C33H37N3O6. The number of hydrogen-bond donors (Lipinski definition) is 4. The fraction of sp³-hybridized carbons (Fsp3) is 0.303. The Morgan fingerprint density at radius 1 is 0.905 bits per heavy atom. The Morgan fingerprint density at radius 2 is 1.64 bits per heavy atom. The van der Waals surface area contributed by atoms with Crippen LogP contribution < -0.4 is 15.4 Å². The van der Waals surface area contributed by atoms with E-state index in [1.54, 1.807) is 7.11 Å². The van der Waals surface area contributed by atoms with Crippen molar-refractivity contribution in [2.75, 3.05) is 13.8 Å². The first kappa shape index (κ1) is 30.3. The van der Waals surface area contributed by atoms with E-state index in [9.17, 15) is 19.5 Å². The molecule has 42 heavy (non-hydrogen) atoms. The van der Waals surface area contributed by atoms with E-state index in [1.807, 2.05) is 85.1 Å². The smallest absolute Gasteiger partial charge is 0.304 e. The van der Waals surface area contributed by atoms with Crippen molar-refractivity contribution >= 4 is 28.7 Å². The molecule has 1 heterocycles. The third-order valence-corrected chi connectivity index (χ3v) is 7.16. The first-order valence-corrected chi connectivity index (χ1v) is 14.0. The summed E-state index contributed by atoms with van der Waals surface area (Å²) in [5.74, 6) is -1.96. The summed E-state index contributed by atoms with van der Waals surface area (Å²) < 4.78 is 10.8. The molecule has 9 heteroatoms. The average molecular weight is 572 g/mol. The number of aromatic amines is 1. The molecule has 2 amide bonds. The quantitative estimate of drug-likeness (QED) is 0.115. The Balaban J connectivity index is 1.41. The lowest BCUT2D eigenvalue weighted by Gasteiger charge is -2.22. The number of H-pyrrole nitrogens is 1. The van der Waals surface area contributed by atoms with E-state index < -0.39 is 29.7 Å². The predicted molar refractivity (Wildman–Crippen MR) is 160 cm³/mol. The molecular weight excluding hydrogens is 534 g/mol. The van der Waals surface area contributed by atoms with Gasteiger partial charge in [-0.1, -0.05) is 60.7 Å². The third kappa shape index (κ3) is 8.94. The van der Waals surface area contributed by atoms with Crippen LogP contribution in [0.25, 0.3) is 10.9 Å². The number of benzene rings is 3. The van der Waals surface area contributed by atoms with E-state index in [4.69, 9.17) is 9.47 Å². The standard InChI is InChI=1S/C33H37N3O6/c1-41-27-16-14-23(15-17-27)10-7-11-25(19-31(37)38)32(39)36-30(18-26-20-34-29-13-6-5-12-28(26)29)33(40)35-22-42-21-24-8-3-2-4-9-24/h2-6,8-9,12-17,20,25,30,34H,7,10-11,18-19,21-22H2,1H3,(H,35,40)(H,36,39)(H,37,38)/t25-,30+/m1/s1. The van der Waals surface area contributed by atoms with Crippen molar-refractivity contribution in [1.82, 2.24) is 15.6 Å². The van der Waals surface area contributed by atoms with Crippen molar-refractivity contribution in [2.24, 2.45) is 5.92 Å². The highest BCUT2D eigenvalue weighted by atomic mass is 16.5. The second-order valence-corrected chi connectivity index (χ2v) is 10.2. The Labute approximate surface area is 245 Å². The summed E-state index contributed by atoms with van der Waals surface area (Å²) in [4.78, 5) is 41.6. The van der Waals surface area contributed by atoms with Crippen LogP contribution in [-0.2, 0) is 38.6 Å². The van der Waals surface area contributed by atoms with Crippen LogP contribution in [-0.4, -0.2) is 47.8 Å². The van der Waals surface area contributed by atoms with Crippen LogP contribution in [0.5, 0.6) is 5.75 Å². The number of aliphatic carboxylic acids is 1. The van der Waals surface area contributed by atoms with Crippen molar-refractivity contribution in [2.45, 2.75) is 44.8 Å². The highest BCUT2D eigenvalue weighted by Gasteiger charge is 2.28. The van der Waals surface area contributed by atoms with Gasteiger partial charge in [0.15, 0.2) is 0 Å². The lowest BCUT2D eigenvalue weighted by molar-refractivity contribution is -0.141. The van der Waals surface area contributed by atoms with Gasteiger partial charge in [-0.15, -0.1) is 0 Å². The maximum atomic E-state index is 13.4. The molecule has 3 aromatic carbocycles. The molecule has 0 radical (unpaired) electrons. The van der Waals surface area contributed by atoms with Crippen LogP contribution in [0.2, 0.25) is 0 Å². The molecule has 0 saturated carbocycles. The second-order valence-electron chi connectivity index (χ2n) is 10.2. The molecule has 4 aromatic rings. The van der Waals surface area contributed by atoms with Crippen molar-refractivity contribution < 1.29 is 29.0 Å². The molecule has 4 rings (SSSR count). The third-order valence-electron chi connectivity index (χ3n) is 7.16. The van der Waals surface area contributed by atoms with Gasteiger partial charge in [0, 0.05) is 29.4 Å². The Hall–Kier alpha value is -4.63. The number of nitrogens with one attached hydrogen (secondary N) is 3. The average Bonchev–Trinajstić information content (AvgIpc) is 3.41. The molecule has 0 bridgehead atoms. The number of aryl methyl sites for hydroxylation is 1. The minimum atomic E-state index is -1.06. The van der Waals surface area contributed by atoms with Crippen LogP contribution in [0, 0.1) is 5.92 Å². The number of carbonyl (C=O) groups is 3. The monoisotopic (exact) mass is 571 g/mol. The minimum Gasteiger partial charge on any atom is -0.497 e. The van der Waals surface area contributed by atoms with E-state index in [1.165, 1.54) is 0 Å². The van der Waals surface area contributed by atoms with E-state index >= 15 is 0 Å². The van der Waals surface area contributed by atoms with Gasteiger partial charge < -0.3 is 30.2 Å². The molecule has 220 valence electrons. The summed E-state index contributed by atoms with van der Waals surface area (Å²) in [6, 6.07) is 24.0. The van der Waals surface area contributed by atoms with Crippen LogP contribution in [0.15, 0.2) is 85.1 Å². The zero-order valence-corrected chi connectivity index (χ0v) is 23.7. The summed E-state index contributed by atoms with van der Waals surface area (Å²) in [5.41, 5.74) is 3.83. The Bertz CT molecular complexity index is 1450. The molecule has 2 atom stereocenters. The predicted octanol–water partition coefficient (Wildman–Crippen LogP) is 4.61. The molecule has 0 aliphatic carbocycles. The number of carbonyl (C=O) groups excluding carboxylic acids is 2. The van der Waals surface area contributed by atoms with Crippen molar-refractivity contribution in [3.8, 4) is 5.75 Å². The van der Waals surface area contributed by atoms with Gasteiger partial charge in [0.25, 0.3) is 0 Å². The minimum absolute atomic E-state index is 0.0333. The molecule has 0 aliphatic heterocycles. The first-order valence-electron chi connectivity index (χ1n) is 14.0. The number of fused-ring (bicyclic) bond motifs is 1. The van der Waals surface area contributed by atoms with E-state index in [0.717, 1.165) is 33.3 Å². The van der Waals surface area contributed by atoms with Crippen molar-refractivity contribution in [1.29, 1.82) is 0 Å². The number of aromatic nitrogens is 1. The van der Waals surface area contributed by atoms with Gasteiger partial charge in [-0.2, -0.15) is 0 Å². The molecule has 0 saturated heterocycles. The number of carboxylic acids is 1. The number of para-hydroxylation sites is 1. The fourth-order valence-electron chi connectivity index (χ4n) is 4.89. The molecule has 0 spiro atoms. The number of rotatable bonds is 16. The van der Waals surface area contributed by atoms with Gasteiger partial charge in [0.1, 0.15) is 18.5 Å². The highest BCUT2D eigenvalue weighted by Crippen LogP contribution is 2.21. The second kappa shape index (κ2) is 15.4. The largest absolute Gasteiger partial charge is 0.497 e. The lowest BCUT2D eigenvalue weighted by Crippen LogP contribution is -2.50. The molecule has 0 aliphatic rings. The molecule has 0 fully saturated rings. The molecule has 1 aromatic heterocycles. The summed E-state index contributed by atoms with van der Waals surface area (Å²) in [7, 11) is 1.61. The lowest BCUT2D eigenvalue weighted by atomic mass is 9.94. The van der Waals surface area contributed by atoms with Gasteiger partial charge in [0.2, 0.25) is 11.8 Å². The maximum absolute atomic E-state index is 13.4. The summed E-state index contributed by atoms with van der Waals surface area (Å²) in [5, 5.41) is 16.1. The van der Waals surface area contributed by atoms with E-state index in [2.05, 4.69) is 15.6 Å². The molecule has 0 unspecified atom stereocenters. The van der Waals surface area contributed by atoms with Gasteiger partial charge in [-0.3, -0.25) is 14.4 Å². The Morgan fingerprint density at radius 3 is 2.38 bits per heavy atom. The summed E-state index contributed by atoms with van der Waals surface area (Å²) >= 11 is 0. The summed E-state index contributed by atoms with van der Waals surface area (Å²) in [6.45, 7) is 0.296. The van der Waals surface area contributed by atoms with Gasteiger partial charge in [-0.25, -0.2) is 0 Å². The van der Waals surface area contributed by atoms with Crippen LogP contribution in [0.1, 0.15) is 36.0 Å². The highest BCUT2D eigenvalue weighted by molar-refractivity contribution is 5.91. The van der Waals surface area contributed by atoms with Crippen LogP contribution in [0.3, 0.4) is 0 Å². The van der Waals surface area contributed by atoms with Gasteiger partial charge in [-0.05, 0) is 54.2 Å². The van der Waals surface area contributed by atoms with Crippen molar-refractivity contribution in [3.05, 3.63) is 102 Å². The zero-order valence-electron chi connectivity index (χ0n) is 23.7. The number of hydrogen-bond acceptors (Lipinski definition) is 5. The molecule has 9 nitrogen and oxygen atoms in total. The maximum Gasteiger partial charge on any atom is 0.304 e. The normalized spacial score (nSPS) is 12.4. The number of methoxy groups -OCH3 is 1. The Kier molecular flexibility index (Phi) is 11.1. The van der Waals surface area contributed by atoms with Crippen LogP contribution >= 0.6 is 0 Å². The van der Waals surface area contributed by atoms with Gasteiger partial charge >= 0.3 is 5.97 Å².